The van der Waals surface area contributed by atoms with Gasteiger partial charge in [-0.2, -0.15) is 4.98 Å². The normalized spacial score (nSPS) is 16.8. The summed E-state index contributed by atoms with van der Waals surface area (Å²) in [6, 6.07) is 8.48. The molecule has 5 heteroatoms. The van der Waals surface area contributed by atoms with Gasteiger partial charge in [0.2, 0.25) is 5.95 Å². The second-order valence-corrected chi connectivity index (χ2v) is 4.81. The first-order chi connectivity index (χ1) is 8.74. The van der Waals surface area contributed by atoms with Crippen LogP contribution in [-0.4, -0.2) is 16.5 Å². The number of anilines is 2. The van der Waals surface area contributed by atoms with Crippen LogP contribution in [0.2, 0.25) is 5.02 Å². The van der Waals surface area contributed by atoms with E-state index in [0.717, 1.165) is 13.0 Å². The highest BCUT2D eigenvalue weighted by Gasteiger charge is 2.25. The van der Waals surface area contributed by atoms with Gasteiger partial charge in [-0.3, -0.25) is 0 Å². The van der Waals surface area contributed by atoms with E-state index in [2.05, 4.69) is 39.6 Å². The molecule has 1 aromatic carbocycles. The van der Waals surface area contributed by atoms with Crippen molar-refractivity contribution in [2.24, 2.45) is 0 Å². The molecule has 1 aliphatic rings. The van der Waals surface area contributed by atoms with E-state index >= 15 is 0 Å². The second kappa shape index (κ2) is 4.46. The lowest BCUT2D eigenvalue weighted by Crippen LogP contribution is -2.24. The molecule has 3 N–H and O–H groups in total. The Labute approximate surface area is 110 Å². The number of fused-ring (bicyclic) bond motifs is 1. The molecule has 18 heavy (non-hydrogen) atoms. The van der Waals surface area contributed by atoms with Crippen molar-refractivity contribution in [1.29, 1.82) is 0 Å². The van der Waals surface area contributed by atoms with Gasteiger partial charge in [0.1, 0.15) is 10.8 Å². The third-order valence-corrected chi connectivity index (χ3v) is 3.52. The molecular weight excluding hydrogens is 248 g/mol. The van der Waals surface area contributed by atoms with Crippen LogP contribution in [0.15, 0.2) is 30.5 Å². The zero-order chi connectivity index (χ0) is 12.5. The summed E-state index contributed by atoms with van der Waals surface area (Å²) < 4.78 is 0. The summed E-state index contributed by atoms with van der Waals surface area (Å²) in [6.45, 7) is 0.813. The predicted molar refractivity (Wildman–Crippen MR) is 72.8 cm³/mol. The maximum absolute atomic E-state index is 6.00. The molecule has 2 aromatic rings. The van der Waals surface area contributed by atoms with Crippen molar-refractivity contribution in [3.05, 3.63) is 46.6 Å². The standard InChI is InChI=1S/C13H13ClN4/c14-11-7-17-13(15)18-12(11)16-6-9-5-8-3-1-2-4-10(8)9/h1-4,7,9H,5-6H2,(H3,15,16,17,18). The Balaban J connectivity index is 1.68. The lowest BCUT2D eigenvalue weighted by atomic mass is 9.78. The van der Waals surface area contributed by atoms with Crippen molar-refractivity contribution >= 4 is 23.4 Å². The summed E-state index contributed by atoms with van der Waals surface area (Å²) in [4.78, 5) is 7.91. The molecule has 0 aliphatic heterocycles. The van der Waals surface area contributed by atoms with E-state index in [-0.39, 0.29) is 5.95 Å². The fourth-order valence-electron chi connectivity index (χ4n) is 2.27. The third-order valence-electron chi connectivity index (χ3n) is 3.24. The number of halogens is 1. The van der Waals surface area contributed by atoms with Gasteiger partial charge in [0.05, 0.1) is 6.20 Å². The minimum atomic E-state index is 0.232. The Morgan fingerprint density at radius 2 is 2.22 bits per heavy atom. The summed E-state index contributed by atoms with van der Waals surface area (Å²) in [5.74, 6) is 1.36. The number of hydrogen-bond acceptors (Lipinski definition) is 4. The zero-order valence-corrected chi connectivity index (χ0v) is 10.5. The smallest absolute Gasteiger partial charge is 0.222 e. The molecule has 0 fully saturated rings. The maximum Gasteiger partial charge on any atom is 0.222 e. The topological polar surface area (TPSA) is 63.8 Å². The van der Waals surface area contributed by atoms with Crippen molar-refractivity contribution < 1.29 is 0 Å². The number of benzene rings is 1. The number of hydrogen-bond donors (Lipinski definition) is 2. The molecule has 1 aliphatic carbocycles. The molecule has 1 aromatic heterocycles. The molecule has 1 heterocycles. The molecule has 0 spiro atoms. The molecule has 0 saturated carbocycles. The minimum Gasteiger partial charge on any atom is -0.368 e. The summed E-state index contributed by atoms with van der Waals surface area (Å²) in [5, 5.41) is 3.73. The van der Waals surface area contributed by atoms with Crippen LogP contribution in [0.25, 0.3) is 0 Å². The Kier molecular flexibility index (Phi) is 2.80. The first-order valence-corrected chi connectivity index (χ1v) is 6.21. The van der Waals surface area contributed by atoms with Gasteiger partial charge in [0.15, 0.2) is 0 Å². The number of nitrogens with zero attached hydrogens (tertiary/aromatic N) is 2. The van der Waals surface area contributed by atoms with Crippen LogP contribution in [0, 0.1) is 0 Å². The van der Waals surface area contributed by atoms with Gasteiger partial charge < -0.3 is 11.1 Å². The Morgan fingerprint density at radius 3 is 3.06 bits per heavy atom. The molecule has 0 radical (unpaired) electrons. The van der Waals surface area contributed by atoms with E-state index in [1.807, 2.05) is 0 Å². The molecular formula is C13H13ClN4. The fourth-order valence-corrected chi connectivity index (χ4v) is 2.43. The maximum atomic E-state index is 6.00. The van der Waals surface area contributed by atoms with Crippen molar-refractivity contribution in [3.63, 3.8) is 0 Å². The van der Waals surface area contributed by atoms with E-state index in [4.69, 9.17) is 17.3 Å². The van der Waals surface area contributed by atoms with Crippen molar-refractivity contribution in [3.8, 4) is 0 Å². The number of nitrogens with two attached hydrogens (primary N) is 1. The predicted octanol–water partition coefficient (Wildman–Crippen LogP) is 2.46. The lowest BCUT2D eigenvalue weighted by Gasteiger charge is -2.30. The molecule has 1 unspecified atom stereocenters. The van der Waals surface area contributed by atoms with E-state index in [1.54, 1.807) is 0 Å². The summed E-state index contributed by atoms with van der Waals surface area (Å²) in [7, 11) is 0. The fraction of sp³-hybridized carbons (Fsp3) is 0.231. The molecule has 4 nitrogen and oxygen atoms in total. The number of rotatable bonds is 3. The quantitative estimate of drug-likeness (QED) is 0.890. The van der Waals surface area contributed by atoms with Crippen molar-refractivity contribution in [2.75, 3.05) is 17.6 Å². The Hall–Kier alpha value is -1.81. The highest BCUT2D eigenvalue weighted by atomic mass is 35.5. The van der Waals surface area contributed by atoms with Crippen molar-refractivity contribution in [2.45, 2.75) is 12.3 Å². The average molecular weight is 261 g/mol. The largest absolute Gasteiger partial charge is 0.368 e. The summed E-state index contributed by atoms with van der Waals surface area (Å²) in [6.07, 6.45) is 2.61. The van der Waals surface area contributed by atoms with E-state index in [0.29, 0.717) is 16.8 Å². The monoisotopic (exact) mass is 260 g/mol. The minimum absolute atomic E-state index is 0.232. The van der Waals surface area contributed by atoms with Crippen LogP contribution in [0.3, 0.4) is 0 Å². The first-order valence-electron chi connectivity index (χ1n) is 5.83. The van der Waals surface area contributed by atoms with Gasteiger partial charge in [0.25, 0.3) is 0 Å². The van der Waals surface area contributed by atoms with Crippen LogP contribution in [-0.2, 0) is 6.42 Å². The van der Waals surface area contributed by atoms with Gasteiger partial charge in [0, 0.05) is 12.5 Å². The van der Waals surface area contributed by atoms with E-state index in [9.17, 15) is 0 Å². The zero-order valence-electron chi connectivity index (χ0n) is 9.73. The van der Waals surface area contributed by atoms with Gasteiger partial charge in [-0.15, -0.1) is 0 Å². The molecule has 0 bridgehead atoms. The summed E-state index contributed by atoms with van der Waals surface area (Å²) in [5.41, 5.74) is 8.37. The van der Waals surface area contributed by atoms with Crippen LogP contribution >= 0.6 is 11.6 Å². The molecule has 0 amide bonds. The SMILES string of the molecule is Nc1ncc(Cl)c(NCC2Cc3ccccc32)n1. The average Bonchev–Trinajstić information content (AvgIpc) is 2.34. The van der Waals surface area contributed by atoms with Gasteiger partial charge in [-0.05, 0) is 17.5 Å². The number of nitrogen functional groups attached to an aromatic ring is 1. The van der Waals surface area contributed by atoms with Crippen LogP contribution in [0.1, 0.15) is 17.0 Å². The van der Waals surface area contributed by atoms with Crippen molar-refractivity contribution in [1.82, 2.24) is 9.97 Å². The second-order valence-electron chi connectivity index (χ2n) is 4.41. The Bertz CT molecular complexity index is 585. The van der Waals surface area contributed by atoms with Crippen LogP contribution < -0.4 is 11.1 Å². The highest BCUT2D eigenvalue weighted by Crippen LogP contribution is 2.35. The van der Waals surface area contributed by atoms with Gasteiger partial charge in [-0.25, -0.2) is 4.98 Å². The number of nitrogens with one attached hydrogen (secondary N) is 1. The lowest BCUT2D eigenvalue weighted by molar-refractivity contribution is 0.634. The first kappa shape index (κ1) is 11.3. The Morgan fingerprint density at radius 1 is 1.39 bits per heavy atom. The summed E-state index contributed by atoms with van der Waals surface area (Å²) >= 11 is 6.00. The van der Waals surface area contributed by atoms with Gasteiger partial charge >= 0.3 is 0 Å². The van der Waals surface area contributed by atoms with Crippen LogP contribution in [0.5, 0.6) is 0 Å². The third kappa shape index (κ3) is 1.99. The molecule has 3 rings (SSSR count). The number of aromatic nitrogens is 2. The molecule has 92 valence electrons. The molecule has 0 saturated heterocycles. The van der Waals surface area contributed by atoms with E-state index < -0.39 is 0 Å². The van der Waals surface area contributed by atoms with E-state index in [1.165, 1.54) is 17.3 Å². The molecule has 1 atom stereocenters. The highest BCUT2D eigenvalue weighted by molar-refractivity contribution is 6.32. The van der Waals surface area contributed by atoms with Gasteiger partial charge in [-0.1, -0.05) is 35.9 Å². The van der Waals surface area contributed by atoms with Crippen LogP contribution in [0.4, 0.5) is 11.8 Å².